The first kappa shape index (κ1) is 18.5. The third-order valence-electron chi connectivity index (χ3n) is 7.22. The van der Waals surface area contributed by atoms with Gasteiger partial charge in [0.25, 0.3) is 0 Å². The van der Waals surface area contributed by atoms with Gasteiger partial charge in [-0.2, -0.15) is 0 Å². The Morgan fingerprint density at radius 3 is 2.34 bits per heavy atom. The summed E-state index contributed by atoms with van der Waals surface area (Å²) in [4.78, 5) is 34.9. The normalized spacial score (nSPS) is 30.9. The number of methoxy groups -OCH3 is 1. The van der Waals surface area contributed by atoms with Gasteiger partial charge in [-0.3, -0.25) is 9.78 Å². The zero-order valence-electron chi connectivity index (χ0n) is 16.8. The summed E-state index contributed by atoms with van der Waals surface area (Å²) in [7, 11) is 1.36. The van der Waals surface area contributed by atoms with E-state index in [1.54, 1.807) is 6.20 Å². The van der Waals surface area contributed by atoms with E-state index >= 15 is 0 Å². The molecule has 0 saturated heterocycles. The quantitative estimate of drug-likeness (QED) is 0.790. The van der Waals surface area contributed by atoms with E-state index < -0.39 is 12.0 Å². The van der Waals surface area contributed by atoms with E-state index in [-0.39, 0.29) is 17.7 Å². The van der Waals surface area contributed by atoms with Crippen molar-refractivity contribution in [1.82, 2.24) is 15.3 Å². The fourth-order valence-corrected chi connectivity index (χ4v) is 6.34. The monoisotopic (exact) mass is 393 g/mol. The molecule has 2 aromatic rings. The number of ether oxygens (including phenoxy) is 1. The molecule has 1 N–H and O–H groups in total. The molecule has 1 aromatic carbocycles. The predicted molar refractivity (Wildman–Crippen MR) is 108 cm³/mol. The van der Waals surface area contributed by atoms with Gasteiger partial charge in [-0.05, 0) is 68.4 Å². The molecule has 1 heterocycles. The van der Waals surface area contributed by atoms with Gasteiger partial charge in [-0.25, -0.2) is 9.78 Å². The average Bonchev–Trinajstić information content (AvgIpc) is 2.71. The molecule has 29 heavy (non-hydrogen) atoms. The molecular weight excluding hydrogens is 366 g/mol. The molecule has 1 atom stereocenters. The van der Waals surface area contributed by atoms with Crippen molar-refractivity contribution in [2.75, 3.05) is 7.11 Å². The van der Waals surface area contributed by atoms with E-state index in [9.17, 15) is 9.59 Å². The van der Waals surface area contributed by atoms with Crippen LogP contribution in [-0.4, -0.2) is 35.0 Å². The van der Waals surface area contributed by atoms with Crippen molar-refractivity contribution in [2.24, 2.45) is 23.2 Å². The smallest absolute Gasteiger partial charge is 0.328 e. The standard InChI is InChI=1S/C23H27N3O3/c1-29-21(27)20(9-17-13-24-18-4-2-3-5-19(18)25-17)26-22(28)23-10-14-6-15(11-23)8-16(7-14)12-23/h2-5,13-16,20H,6-12H2,1H3,(H,26,28)/t14?,15?,16?,20-,23?/m1/s1. The van der Waals surface area contributed by atoms with Crippen molar-refractivity contribution in [3.05, 3.63) is 36.2 Å². The molecule has 1 amide bonds. The highest BCUT2D eigenvalue weighted by Gasteiger charge is 2.55. The summed E-state index contributed by atoms with van der Waals surface area (Å²) < 4.78 is 4.99. The van der Waals surface area contributed by atoms with Crippen molar-refractivity contribution >= 4 is 22.9 Å². The zero-order valence-corrected chi connectivity index (χ0v) is 16.8. The largest absolute Gasteiger partial charge is 0.467 e. The predicted octanol–water partition coefficient (Wildman–Crippen LogP) is 3.05. The number of esters is 1. The van der Waals surface area contributed by atoms with Crippen LogP contribution in [0.1, 0.15) is 44.2 Å². The van der Waals surface area contributed by atoms with Gasteiger partial charge < -0.3 is 10.1 Å². The van der Waals surface area contributed by atoms with Crippen molar-refractivity contribution in [3.63, 3.8) is 0 Å². The van der Waals surface area contributed by atoms with Gasteiger partial charge in [0.05, 0.1) is 23.8 Å². The summed E-state index contributed by atoms with van der Waals surface area (Å²) in [6, 6.07) is 6.88. The number of carbonyl (C=O) groups excluding carboxylic acids is 2. The number of rotatable bonds is 5. The Bertz CT molecular complexity index is 922. The Kier molecular flexibility index (Phi) is 4.52. The number of carbonyl (C=O) groups is 2. The van der Waals surface area contributed by atoms with Crippen molar-refractivity contribution in [3.8, 4) is 0 Å². The highest BCUT2D eigenvalue weighted by Crippen LogP contribution is 2.60. The second-order valence-corrected chi connectivity index (χ2v) is 9.30. The molecule has 4 aliphatic carbocycles. The van der Waals surface area contributed by atoms with Crippen LogP contribution in [0.15, 0.2) is 30.5 Å². The van der Waals surface area contributed by atoms with Crippen molar-refractivity contribution in [1.29, 1.82) is 0 Å². The summed E-state index contributed by atoms with van der Waals surface area (Å²) in [5.74, 6) is 1.62. The topological polar surface area (TPSA) is 81.2 Å². The molecule has 1 aromatic heterocycles. The molecule has 4 bridgehead atoms. The van der Waals surface area contributed by atoms with E-state index in [4.69, 9.17) is 4.74 Å². The van der Waals surface area contributed by atoms with Crippen LogP contribution in [-0.2, 0) is 20.7 Å². The average molecular weight is 393 g/mol. The number of benzene rings is 1. The molecule has 4 saturated carbocycles. The SMILES string of the molecule is COC(=O)[C@@H](Cc1cnc2ccccc2n1)NC(=O)C12CC3CC(CC(C3)C1)C2. The fourth-order valence-electron chi connectivity index (χ4n) is 6.34. The number of hydrogen-bond acceptors (Lipinski definition) is 5. The Morgan fingerprint density at radius 1 is 1.10 bits per heavy atom. The molecule has 6 rings (SSSR count). The van der Waals surface area contributed by atoms with Crippen LogP contribution in [0.3, 0.4) is 0 Å². The number of para-hydroxylation sites is 2. The van der Waals surface area contributed by atoms with Crippen LogP contribution < -0.4 is 5.32 Å². The van der Waals surface area contributed by atoms with Crippen molar-refractivity contribution < 1.29 is 14.3 Å². The van der Waals surface area contributed by atoms with Crippen LogP contribution in [0.5, 0.6) is 0 Å². The maximum atomic E-state index is 13.4. The third kappa shape index (κ3) is 3.38. The highest BCUT2D eigenvalue weighted by molar-refractivity contribution is 5.88. The summed E-state index contributed by atoms with van der Waals surface area (Å²) in [5, 5.41) is 3.04. The highest BCUT2D eigenvalue weighted by atomic mass is 16.5. The molecule has 0 spiro atoms. The van der Waals surface area contributed by atoms with Crippen molar-refractivity contribution in [2.45, 2.75) is 51.0 Å². The molecule has 4 aliphatic rings. The molecular formula is C23H27N3O3. The minimum atomic E-state index is -0.740. The molecule has 6 heteroatoms. The summed E-state index contributed by atoms with van der Waals surface area (Å²) >= 11 is 0. The molecule has 4 fully saturated rings. The molecule has 0 aliphatic heterocycles. The summed E-state index contributed by atoms with van der Waals surface area (Å²) in [6.45, 7) is 0. The molecule has 152 valence electrons. The minimum Gasteiger partial charge on any atom is -0.467 e. The minimum absolute atomic E-state index is 0.0285. The number of fused-ring (bicyclic) bond motifs is 1. The van der Waals surface area contributed by atoms with Gasteiger partial charge in [0, 0.05) is 18.0 Å². The Hall–Kier alpha value is -2.50. The lowest BCUT2D eigenvalue weighted by molar-refractivity contribution is -0.152. The second kappa shape index (κ2) is 7.08. The molecule has 0 radical (unpaired) electrons. The van der Waals surface area contributed by atoms with Crippen LogP contribution in [0, 0.1) is 23.2 Å². The van der Waals surface area contributed by atoms with E-state index in [2.05, 4.69) is 15.3 Å². The first-order valence-electron chi connectivity index (χ1n) is 10.6. The van der Waals surface area contributed by atoms with Gasteiger partial charge in [0.15, 0.2) is 0 Å². The number of nitrogens with one attached hydrogen (secondary N) is 1. The zero-order chi connectivity index (χ0) is 20.0. The summed E-state index contributed by atoms with van der Waals surface area (Å²) in [5.41, 5.74) is 1.96. The Labute approximate surface area is 170 Å². The maximum Gasteiger partial charge on any atom is 0.328 e. The lowest BCUT2D eigenvalue weighted by Gasteiger charge is -2.55. The first-order chi connectivity index (χ1) is 14.0. The van der Waals surface area contributed by atoms with Gasteiger partial charge >= 0.3 is 5.97 Å². The Balaban J connectivity index is 1.35. The lowest BCUT2D eigenvalue weighted by atomic mass is 9.49. The van der Waals surface area contributed by atoms with Gasteiger partial charge in [-0.15, -0.1) is 0 Å². The molecule has 6 nitrogen and oxygen atoms in total. The second-order valence-electron chi connectivity index (χ2n) is 9.30. The fraction of sp³-hybridized carbons (Fsp3) is 0.565. The molecule has 0 unspecified atom stereocenters. The van der Waals surface area contributed by atoms with Crippen LogP contribution in [0.2, 0.25) is 0 Å². The lowest BCUT2D eigenvalue weighted by Crippen LogP contribution is -2.56. The number of amides is 1. The first-order valence-corrected chi connectivity index (χ1v) is 10.6. The van der Waals surface area contributed by atoms with Gasteiger partial charge in [0.1, 0.15) is 6.04 Å². The van der Waals surface area contributed by atoms with E-state index in [0.717, 1.165) is 30.3 Å². The summed E-state index contributed by atoms with van der Waals surface area (Å²) in [6.07, 6.45) is 8.69. The number of nitrogens with zero attached hydrogens (tertiary/aromatic N) is 2. The number of hydrogen-bond donors (Lipinski definition) is 1. The van der Waals surface area contributed by atoms with Gasteiger partial charge in [-0.1, -0.05) is 12.1 Å². The van der Waals surface area contributed by atoms with E-state index in [1.165, 1.54) is 26.4 Å². The maximum absolute atomic E-state index is 13.4. The Morgan fingerprint density at radius 2 is 1.72 bits per heavy atom. The van der Waals surface area contributed by atoms with E-state index in [1.807, 2.05) is 24.3 Å². The van der Waals surface area contributed by atoms with Gasteiger partial charge in [0.2, 0.25) is 5.91 Å². The van der Waals surface area contributed by atoms with Crippen LogP contribution >= 0.6 is 0 Å². The van der Waals surface area contributed by atoms with Crippen LogP contribution in [0.4, 0.5) is 0 Å². The third-order valence-corrected chi connectivity index (χ3v) is 7.22. The van der Waals surface area contributed by atoms with E-state index in [0.29, 0.717) is 23.4 Å². The number of aromatic nitrogens is 2. The van der Waals surface area contributed by atoms with Crippen LogP contribution in [0.25, 0.3) is 11.0 Å².